The highest BCUT2D eigenvalue weighted by Gasteiger charge is 2.50. The number of benzene rings is 1. The minimum Gasteiger partial charge on any atom is -0.497 e. The summed E-state index contributed by atoms with van der Waals surface area (Å²) >= 11 is 0. The molecule has 4 aliphatic rings. The molecule has 5 nitrogen and oxygen atoms in total. The van der Waals surface area contributed by atoms with Crippen LogP contribution in [0.4, 0.5) is 0 Å². The Bertz CT molecular complexity index is 955. The Kier molecular flexibility index (Phi) is 3.05. The van der Waals surface area contributed by atoms with Crippen molar-refractivity contribution in [2.45, 2.75) is 31.2 Å². The van der Waals surface area contributed by atoms with Crippen LogP contribution < -0.4 is 4.74 Å². The van der Waals surface area contributed by atoms with Crippen molar-refractivity contribution < 1.29 is 18.4 Å². The number of methoxy groups -OCH3 is 1. The molecule has 138 valence electrons. The molecule has 2 saturated heterocycles. The van der Waals surface area contributed by atoms with E-state index in [0.717, 1.165) is 60.3 Å². The third-order valence-electron chi connectivity index (χ3n) is 6.73. The predicted molar refractivity (Wildman–Crippen MR) is 99.5 cm³/mol. The lowest BCUT2D eigenvalue weighted by Crippen LogP contribution is -2.57. The van der Waals surface area contributed by atoms with E-state index in [0.29, 0.717) is 19.0 Å². The van der Waals surface area contributed by atoms with Crippen molar-refractivity contribution in [2.24, 2.45) is 18.8 Å². The molecule has 0 amide bonds. The van der Waals surface area contributed by atoms with Crippen LogP contribution in [0.3, 0.4) is 0 Å². The zero-order chi connectivity index (χ0) is 20.3. The van der Waals surface area contributed by atoms with E-state index in [1.165, 1.54) is 0 Å². The quantitative estimate of drug-likeness (QED) is 0.789. The largest absolute Gasteiger partial charge is 0.497 e. The fraction of sp³-hybridized carbons (Fsp3) is 0.571. The summed E-state index contributed by atoms with van der Waals surface area (Å²) in [4.78, 5) is 13.3. The van der Waals surface area contributed by atoms with E-state index < -0.39 is 6.98 Å². The molecule has 5 heteroatoms. The van der Waals surface area contributed by atoms with Crippen molar-refractivity contribution in [2.75, 3.05) is 26.8 Å². The first-order valence-corrected chi connectivity index (χ1v) is 9.43. The topological polar surface area (TPSA) is 43.7 Å². The Hall–Kier alpha value is -2.01. The average molecular weight is 357 g/mol. The first-order chi connectivity index (χ1) is 13.9. The lowest BCUT2D eigenvalue weighted by molar-refractivity contribution is -0.133. The summed E-state index contributed by atoms with van der Waals surface area (Å²) < 4.78 is 37.1. The van der Waals surface area contributed by atoms with Gasteiger partial charge in [-0.3, -0.25) is 9.69 Å². The second-order valence-corrected chi connectivity index (χ2v) is 7.95. The van der Waals surface area contributed by atoms with E-state index in [1.807, 2.05) is 18.2 Å². The fourth-order valence-corrected chi connectivity index (χ4v) is 5.88. The van der Waals surface area contributed by atoms with Gasteiger partial charge in [-0.05, 0) is 48.9 Å². The number of aryl methyl sites for hydroxylation is 1. The monoisotopic (exact) mass is 357 g/mol. The van der Waals surface area contributed by atoms with Crippen LogP contribution in [-0.4, -0.2) is 48.8 Å². The number of rotatable bonds is 4. The van der Waals surface area contributed by atoms with Crippen LogP contribution in [0.25, 0.3) is 10.9 Å². The lowest BCUT2D eigenvalue weighted by Gasteiger charge is -2.53. The predicted octanol–water partition coefficient (Wildman–Crippen LogP) is 2.71. The summed E-state index contributed by atoms with van der Waals surface area (Å²) in [5.74, 6) is 1.64. The summed E-state index contributed by atoms with van der Waals surface area (Å²) in [6, 6.07) is 5.91. The van der Waals surface area contributed by atoms with Gasteiger partial charge in [0.15, 0.2) is 0 Å². The zero-order valence-electron chi connectivity index (χ0n) is 18.0. The van der Waals surface area contributed by atoms with Crippen LogP contribution in [0.2, 0.25) is 0 Å². The zero-order valence-corrected chi connectivity index (χ0v) is 15.0. The SMILES string of the molecule is [2H]C([2H])([2H])n1c2c(c3cc(OC)ccc31)CCN1CC3CC(COC=O)C1C2C3. The molecule has 6 rings (SSSR count). The van der Waals surface area contributed by atoms with E-state index in [-0.39, 0.29) is 17.9 Å². The van der Waals surface area contributed by atoms with Crippen molar-refractivity contribution in [1.82, 2.24) is 9.47 Å². The number of ether oxygens (including phenoxy) is 2. The summed E-state index contributed by atoms with van der Waals surface area (Å²) in [5.41, 5.74) is 2.86. The Labute approximate surface area is 158 Å². The Morgan fingerprint density at radius 1 is 1.38 bits per heavy atom. The van der Waals surface area contributed by atoms with Gasteiger partial charge in [0.05, 0.1) is 13.7 Å². The van der Waals surface area contributed by atoms with Crippen LogP contribution in [0, 0.1) is 11.8 Å². The van der Waals surface area contributed by atoms with E-state index in [4.69, 9.17) is 13.6 Å². The molecule has 5 unspecified atom stereocenters. The maximum atomic E-state index is 10.8. The molecule has 3 aliphatic heterocycles. The second kappa shape index (κ2) is 6.02. The first kappa shape index (κ1) is 13.2. The first-order valence-electron chi connectivity index (χ1n) is 10.9. The van der Waals surface area contributed by atoms with Gasteiger partial charge >= 0.3 is 0 Å². The molecule has 1 aromatic carbocycles. The average Bonchev–Trinajstić information content (AvgIpc) is 2.98. The van der Waals surface area contributed by atoms with Crippen LogP contribution >= 0.6 is 0 Å². The molecule has 1 saturated carbocycles. The van der Waals surface area contributed by atoms with Gasteiger partial charge in [-0.15, -0.1) is 0 Å². The molecule has 1 aromatic heterocycles. The molecule has 0 radical (unpaired) electrons. The number of aromatic nitrogens is 1. The van der Waals surface area contributed by atoms with Gasteiger partial charge in [-0.1, -0.05) is 0 Å². The van der Waals surface area contributed by atoms with Gasteiger partial charge in [-0.25, -0.2) is 0 Å². The number of carbonyl (C=O) groups excluding carboxylic acids is 1. The van der Waals surface area contributed by atoms with Gasteiger partial charge in [-0.2, -0.15) is 0 Å². The third kappa shape index (κ3) is 2.22. The smallest absolute Gasteiger partial charge is 0.293 e. The highest BCUT2D eigenvalue weighted by Crippen LogP contribution is 2.51. The third-order valence-corrected chi connectivity index (χ3v) is 6.73. The number of hydrogen-bond donors (Lipinski definition) is 0. The minimum atomic E-state index is -2.25. The van der Waals surface area contributed by atoms with Crippen molar-refractivity contribution in [1.29, 1.82) is 0 Å². The molecule has 3 fully saturated rings. The second-order valence-electron chi connectivity index (χ2n) is 7.95. The molecule has 26 heavy (non-hydrogen) atoms. The number of carbonyl (C=O) groups is 1. The molecular formula is C21H26N2O3. The number of hydrogen-bond acceptors (Lipinski definition) is 4. The van der Waals surface area contributed by atoms with Crippen molar-refractivity contribution in [3.8, 4) is 5.75 Å². The van der Waals surface area contributed by atoms with Gasteiger partial charge in [0, 0.05) is 58.7 Å². The minimum absolute atomic E-state index is 0.138. The van der Waals surface area contributed by atoms with E-state index >= 15 is 0 Å². The number of nitrogens with zero attached hydrogens (tertiary/aromatic N) is 2. The Morgan fingerprint density at radius 3 is 3.12 bits per heavy atom. The van der Waals surface area contributed by atoms with Crippen molar-refractivity contribution >= 4 is 17.4 Å². The van der Waals surface area contributed by atoms with Crippen LogP contribution in [0.5, 0.6) is 5.75 Å². The maximum absolute atomic E-state index is 10.8. The molecule has 1 aliphatic carbocycles. The summed E-state index contributed by atoms with van der Waals surface area (Å²) in [7, 11) is 1.63. The molecule has 5 atom stereocenters. The summed E-state index contributed by atoms with van der Waals surface area (Å²) in [5, 5.41) is 0.987. The molecule has 0 spiro atoms. The summed E-state index contributed by atoms with van der Waals surface area (Å²) in [6.07, 6.45) is 2.86. The van der Waals surface area contributed by atoms with Crippen LogP contribution in [0.1, 0.15) is 34.1 Å². The van der Waals surface area contributed by atoms with E-state index in [2.05, 4.69) is 4.90 Å². The van der Waals surface area contributed by atoms with E-state index in [1.54, 1.807) is 11.7 Å². The van der Waals surface area contributed by atoms with Gasteiger partial charge in [0.2, 0.25) is 0 Å². The van der Waals surface area contributed by atoms with Gasteiger partial charge in [0.1, 0.15) is 5.75 Å². The van der Waals surface area contributed by atoms with Gasteiger partial charge < -0.3 is 14.0 Å². The Morgan fingerprint density at radius 2 is 2.31 bits per heavy atom. The maximum Gasteiger partial charge on any atom is 0.293 e. The standard InChI is InChI=1S/C21H26N2O3/c1-22-19-4-3-15(25-2)9-17(19)16-5-6-23-10-13-7-14(11-26-12-24)20(23)18(8-13)21(16)22/h3-4,9,12-14,18,20H,5-8,10-11H2,1-2H3/i1D3. The van der Waals surface area contributed by atoms with Gasteiger partial charge in [0.25, 0.3) is 6.47 Å². The van der Waals surface area contributed by atoms with Crippen LogP contribution in [-0.2, 0) is 22.9 Å². The summed E-state index contributed by atoms with van der Waals surface area (Å²) in [6.45, 7) is 0.645. The molecular weight excluding hydrogens is 328 g/mol. The highest BCUT2D eigenvalue weighted by molar-refractivity contribution is 5.87. The molecule has 2 aromatic rings. The molecule has 0 N–H and O–H groups in total. The van der Waals surface area contributed by atoms with Crippen molar-refractivity contribution in [3.63, 3.8) is 0 Å². The van der Waals surface area contributed by atoms with E-state index in [9.17, 15) is 4.79 Å². The highest BCUT2D eigenvalue weighted by atomic mass is 16.5. The van der Waals surface area contributed by atoms with Crippen LogP contribution in [0.15, 0.2) is 18.2 Å². The molecule has 4 bridgehead atoms. The number of piperidine rings is 2. The number of fused-ring (bicyclic) bond motifs is 4. The lowest BCUT2D eigenvalue weighted by atomic mass is 9.66. The fourth-order valence-electron chi connectivity index (χ4n) is 5.88. The molecule has 4 heterocycles. The van der Waals surface area contributed by atoms with Crippen molar-refractivity contribution in [3.05, 3.63) is 29.5 Å². The Balaban J connectivity index is 1.71. The normalized spacial score (nSPS) is 34.3.